The van der Waals surface area contributed by atoms with Gasteiger partial charge in [-0.25, -0.2) is 4.79 Å². The first-order valence-corrected chi connectivity index (χ1v) is 5.15. The summed E-state index contributed by atoms with van der Waals surface area (Å²) in [5.41, 5.74) is 1.64. The minimum absolute atomic E-state index is 0. The van der Waals surface area contributed by atoms with Gasteiger partial charge in [-0.3, -0.25) is 0 Å². The van der Waals surface area contributed by atoms with Crippen LogP contribution in [0.1, 0.15) is 5.56 Å². The second-order valence-corrected chi connectivity index (χ2v) is 3.62. The number of diazo groups is 1. The Labute approximate surface area is 105 Å². The lowest BCUT2D eigenvalue weighted by Crippen LogP contribution is -3.00. The molecule has 1 aliphatic rings. The van der Waals surface area contributed by atoms with Gasteiger partial charge in [0, 0.05) is 18.7 Å². The third-order valence-electron chi connectivity index (χ3n) is 2.57. The fourth-order valence-electron chi connectivity index (χ4n) is 1.62. The van der Waals surface area contributed by atoms with E-state index < -0.39 is 0 Å². The van der Waals surface area contributed by atoms with E-state index in [1.807, 2.05) is 12.1 Å². The van der Waals surface area contributed by atoms with Gasteiger partial charge in [-0.05, 0) is 12.0 Å². The van der Waals surface area contributed by atoms with Gasteiger partial charge in [0.15, 0.2) is 4.98 Å². The monoisotopic (exact) mass is 253 g/mol. The molecule has 0 radical (unpaired) electrons. The highest BCUT2D eigenvalue weighted by atomic mass is 35.5. The third kappa shape index (κ3) is 3.33. The summed E-state index contributed by atoms with van der Waals surface area (Å²) in [7, 11) is 0. The number of benzene rings is 1. The largest absolute Gasteiger partial charge is 1.00 e. The van der Waals surface area contributed by atoms with Crippen LogP contribution in [0.4, 0.5) is 10.5 Å². The number of hydrogen-bond donors (Lipinski definition) is 0. The molecule has 1 saturated heterocycles. The number of cyclic esters (lactones) is 1. The van der Waals surface area contributed by atoms with E-state index in [-0.39, 0.29) is 18.5 Å². The molecule has 6 heteroatoms. The minimum Gasteiger partial charge on any atom is -1.00 e. The van der Waals surface area contributed by atoms with Gasteiger partial charge in [-0.15, -0.1) is 0 Å². The molecule has 0 N–H and O–H groups in total. The molecule has 0 spiro atoms. The second-order valence-electron chi connectivity index (χ2n) is 3.62. The zero-order valence-electron chi connectivity index (χ0n) is 9.17. The van der Waals surface area contributed by atoms with Crippen molar-refractivity contribution in [2.45, 2.75) is 6.42 Å². The number of ether oxygens (including phenoxy) is 1. The van der Waals surface area contributed by atoms with Crippen LogP contribution < -0.4 is 12.4 Å². The smallest absolute Gasteiger partial charge is 0.409 e. The van der Waals surface area contributed by atoms with Crippen LogP contribution >= 0.6 is 0 Å². The van der Waals surface area contributed by atoms with Crippen LogP contribution in [0.25, 0.3) is 4.98 Å². The number of halogens is 1. The van der Waals surface area contributed by atoms with Gasteiger partial charge in [0.05, 0.1) is 6.54 Å². The maximum Gasteiger partial charge on any atom is 0.409 e. The Hall–Kier alpha value is -1.80. The van der Waals surface area contributed by atoms with E-state index in [2.05, 4.69) is 4.98 Å². The highest BCUT2D eigenvalue weighted by Gasteiger charge is 2.21. The highest BCUT2D eigenvalue weighted by molar-refractivity contribution is 5.69. The van der Waals surface area contributed by atoms with Crippen LogP contribution in [-0.4, -0.2) is 30.7 Å². The average Bonchev–Trinajstić information content (AvgIpc) is 2.73. The summed E-state index contributed by atoms with van der Waals surface area (Å²) in [6.07, 6.45) is 0.544. The molecule has 0 saturated carbocycles. The Morgan fingerprint density at radius 1 is 1.35 bits per heavy atom. The molecule has 5 nitrogen and oxygen atoms in total. The first-order chi connectivity index (χ1) is 7.79. The fourth-order valence-corrected chi connectivity index (χ4v) is 1.62. The summed E-state index contributed by atoms with van der Waals surface area (Å²) in [6.45, 7) is 1.82. The van der Waals surface area contributed by atoms with Crippen LogP contribution in [0.2, 0.25) is 0 Å². The number of carbonyl (C=O) groups is 1. The van der Waals surface area contributed by atoms with Crippen molar-refractivity contribution >= 4 is 11.8 Å². The predicted octanol–water partition coefficient (Wildman–Crippen LogP) is -0.830. The molecule has 1 aromatic rings. The van der Waals surface area contributed by atoms with Gasteiger partial charge in [-0.2, -0.15) is 0 Å². The third-order valence-corrected chi connectivity index (χ3v) is 2.57. The van der Waals surface area contributed by atoms with Gasteiger partial charge in [-0.1, -0.05) is 12.1 Å². The van der Waals surface area contributed by atoms with E-state index in [1.54, 1.807) is 17.0 Å². The van der Waals surface area contributed by atoms with Crippen molar-refractivity contribution in [3.63, 3.8) is 0 Å². The molecule has 0 atom stereocenters. The first-order valence-electron chi connectivity index (χ1n) is 5.15. The van der Waals surface area contributed by atoms with Crippen molar-refractivity contribution in [3.8, 4) is 0 Å². The highest BCUT2D eigenvalue weighted by Crippen LogP contribution is 2.13. The van der Waals surface area contributed by atoms with Crippen molar-refractivity contribution in [2.24, 2.45) is 0 Å². The van der Waals surface area contributed by atoms with Crippen molar-refractivity contribution in [1.29, 1.82) is 5.39 Å². The quantitative estimate of drug-likeness (QED) is 0.661. The first kappa shape index (κ1) is 13.3. The molecule has 1 fully saturated rings. The molecule has 0 aromatic heterocycles. The Kier molecular flexibility index (Phi) is 4.73. The molecule has 17 heavy (non-hydrogen) atoms. The maximum atomic E-state index is 11.2. The molecular weight excluding hydrogens is 242 g/mol. The molecule has 1 aliphatic heterocycles. The van der Waals surface area contributed by atoms with Crippen molar-refractivity contribution in [2.75, 3.05) is 19.7 Å². The van der Waals surface area contributed by atoms with Crippen LogP contribution in [0.3, 0.4) is 0 Å². The normalized spacial score (nSPS) is 13.8. The Morgan fingerprint density at radius 2 is 2.06 bits per heavy atom. The van der Waals surface area contributed by atoms with Gasteiger partial charge >= 0.3 is 11.8 Å². The van der Waals surface area contributed by atoms with Crippen molar-refractivity contribution in [1.82, 2.24) is 4.90 Å². The van der Waals surface area contributed by atoms with Gasteiger partial charge in [0.25, 0.3) is 0 Å². The van der Waals surface area contributed by atoms with E-state index >= 15 is 0 Å². The Balaban J connectivity index is 0.00000144. The molecule has 0 aliphatic carbocycles. The van der Waals surface area contributed by atoms with Crippen LogP contribution in [0.5, 0.6) is 0 Å². The number of nitrogens with zero attached hydrogens (tertiary/aromatic N) is 3. The minimum atomic E-state index is -0.234. The van der Waals surface area contributed by atoms with E-state index in [0.717, 1.165) is 12.0 Å². The zero-order chi connectivity index (χ0) is 11.4. The second kappa shape index (κ2) is 6.06. The van der Waals surface area contributed by atoms with E-state index in [4.69, 9.17) is 10.1 Å². The summed E-state index contributed by atoms with van der Waals surface area (Å²) < 4.78 is 4.83. The van der Waals surface area contributed by atoms with Crippen LogP contribution in [0.15, 0.2) is 24.3 Å². The average molecular weight is 254 g/mol. The Morgan fingerprint density at radius 3 is 2.59 bits per heavy atom. The van der Waals surface area contributed by atoms with Crippen LogP contribution in [0, 0.1) is 5.39 Å². The summed E-state index contributed by atoms with van der Waals surface area (Å²) in [5.74, 6) is 0. The lowest BCUT2D eigenvalue weighted by molar-refractivity contribution is -0.00000916. The molecule has 0 bridgehead atoms. The van der Waals surface area contributed by atoms with E-state index in [0.29, 0.717) is 25.4 Å². The molecule has 1 amide bonds. The standard InChI is InChI=1S/C11H12N3O2.ClH/c12-13-10-3-1-9(2-4-10)5-6-14-7-8-16-11(14)15;/h1-4H,5-8H2;1H/q+1;/p-1. The number of amides is 1. The number of rotatable bonds is 3. The summed E-state index contributed by atoms with van der Waals surface area (Å²) in [5, 5.41) is 8.52. The molecule has 2 rings (SSSR count). The van der Waals surface area contributed by atoms with Crippen LogP contribution in [-0.2, 0) is 11.2 Å². The fraction of sp³-hybridized carbons (Fsp3) is 0.364. The van der Waals surface area contributed by atoms with Crippen molar-refractivity contribution in [3.05, 3.63) is 34.8 Å². The molecule has 1 heterocycles. The van der Waals surface area contributed by atoms with Crippen molar-refractivity contribution < 1.29 is 21.9 Å². The molecule has 1 aromatic carbocycles. The summed E-state index contributed by atoms with van der Waals surface area (Å²) in [4.78, 5) is 15.9. The molecule has 0 unspecified atom stereocenters. The molecule has 90 valence electrons. The lowest BCUT2D eigenvalue weighted by Gasteiger charge is -2.11. The predicted molar refractivity (Wildman–Crippen MR) is 57.8 cm³/mol. The Bertz CT molecular complexity index is 427. The van der Waals surface area contributed by atoms with Gasteiger partial charge < -0.3 is 22.0 Å². The lowest BCUT2D eigenvalue weighted by atomic mass is 10.1. The summed E-state index contributed by atoms with van der Waals surface area (Å²) in [6, 6.07) is 7.24. The number of hydrogen-bond acceptors (Lipinski definition) is 3. The number of carbonyl (C=O) groups excluding carboxylic acids is 1. The SMILES string of the molecule is N#[N+]c1ccc(CCN2CCOC2=O)cc1.[Cl-]. The zero-order valence-corrected chi connectivity index (χ0v) is 9.93. The van der Waals surface area contributed by atoms with E-state index in [1.165, 1.54) is 0 Å². The maximum absolute atomic E-state index is 11.2. The van der Waals surface area contributed by atoms with E-state index in [9.17, 15) is 4.79 Å². The molecular formula is C11H12ClN3O2. The van der Waals surface area contributed by atoms with Gasteiger partial charge in [0.1, 0.15) is 6.61 Å². The van der Waals surface area contributed by atoms with Gasteiger partial charge in [0.2, 0.25) is 5.39 Å². The summed E-state index contributed by atoms with van der Waals surface area (Å²) >= 11 is 0. The topological polar surface area (TPSA) is 57.7 Å².